The zero-order valence-corrected chi connectivity index (χ0v) is 9.99. The van der Waals surface area contributed by atoms with Gasteiger partial charge in [0.15, 0.2) is 0 Å². The number of aryl methyl sites for hydroxylation is 1. The van der Waals surface area contributed by atoms with Crippen LogP contribution in [0.5, 0.6) is 5.75 Å². The lowest BCUT2D eigenvalue weighted by molar-refractivity contribution is -0.142. The topological polar surface area (TPSA) is 70.3 Å². The molecule has 0 aliphatic carbocycles. The van der Waals surface area contributed by atoms with Crippen LogP contribution in [0.1, 0.15) is 30.5 Å². The van der Waals surface area contributed by atoms with Gasteiger partial charge in [-0.3, -0.25) is 4.79 Å². The van der Waals surface area contributed by atoms with Crippen LogP contribution < -0.4 is 0 Å². The number of carbonyl (C=O) groups excluding carboxylic acids is 1. The van der Waals surface area contributed by atoms with Crippen LogP contribution in [0.2, 0.25) is 0 Å². The second-order valence-electron chi connectivity index (χ2n) is 3.60. The molecule has 0 saturated carbocycles. The molecule has 17 heavy (non-hydrogen) atoms. The lowest BCUT2D eigenvalue weighted by Crippen LogP contribution is -2.08. The van der Waals surface area contributed by atoms with E-state index in [9.17, 15) is 9.90 Å². The van der Waals surface area contributed by atoms with E-state index in [0.29, 0.717) is 18.6 Å². The van der Waals surface area contributed by atoms with Crippen LogP contribution in [-0.4, -0.2) is 17.7 Å². The minimum Gasteiger partial charge on any atom is -0.507 e. The van der Waals surface area contributed by atoms with Crippen LogP contribution >= 0.6 is 0 Å². The third-order valence-electron chi connectivity index (χ3n) is 2.41. The number of nitrogens with zero attached hydrogens (tertiary/aromatic N) is 1. The smallest absolute Gasteiger partial charge is 0.310 e. The first kappa shape index (κ1) is 13.0. The van der Waals surface area contributed by atoms with Crippen molar-refractivity contribution in [1.29, 1.82) is 5.26 Å². The summed E-state index contributed by atoms with van der Waals surface area (Å²) in [6.07, 6.45) is 0.743. The number of phenols is 1. The third-order valence-corrected chi connectivity index (χ3v) is 2.41. The van der Waals surface area contributed by atoms with Gasteiger partial charge in [0.05, 0.1) is 18.6 Å². The second-order valence-corrected chi connectivity index (χ2v) is 3.60. The predicted molar refractivity (Wildman–Crippen MR) is 62.5 cm³/mol. The zero-order valence-electron chi connectivity index (χ0n) is 9.99. The predicted octanol–water partition coefficient (Wildman–Crippen LogP) is 1.93. The van der Waals surface area contributed by atoms with E-state index in [-0.39, 0.29) is 23.7 Å². The van der Waals surface area contributed by atoms with E-state index >= 15 is 0 Å². The molecular weight excluding hydrogens is 218 g/mol. The maximum atomic E-state index is 11.3. The molecule has 4 nitrogen and oxygen atoms in total. The van der Waals surface area contributed by atoms with Crippen molar-refractivity contribution in [3.05, 3.63) is 28.8 Å². The van der Waals surface area contributed by atoms with Gasteiger partial charge in [0.1, 0.15) is 11.8 Å². The Morgan fingerprint density at radius 3 is 2.71 bits per heavy atom. The molecule has 1 rings (SSSR count). The molecule has 0 unspecified atom stereocenters. The van der Waals surface area contributed by atoms with E-state index in [1.54, 1.807) is 13.0 Å². The van der Waals surface area contributed by atoms with Crippen molar-refractivity contribution in [3.8, 4) is 11.8 Å². The van der Waals surface area contributed by atoms with E-state index in [1.165, 1.54) is 6.07 Å². The summed E-state index contributed by atoms with van der Waals surface area (Å²) in [5, 5.41) is 18.6. The molecule has 0 aliphatic heterocycles. The Kier molecular flexibility index (Phi) is 4.53. The number of carbonyl (C=O) groups is 1. The maximum absolute atomic E-state index is 11.3. The van der Waals surface area contributed by atoms with Crippen molar-refractivity contribution in [3.63, 3.8) is 0 Å². The Labute approximate surface area is 100 Å². The number of phenolic OH excluding ortho intramolecular Hbond substituents is 1. The average Bonchev–Trinajstić information content (AvgIpc) is 2.28. The normalized spacial score (nSPS) is 9.71. The fourth-order valence-electron chi connectivity index (χ4n) is 1.64. The van der Waals surface area contributed by atoms with Gasteiger partial charge in [-0.15, -0.1) is 0 Å². The van der Waals surface area contributed by atoms with Gasteiger partial charge < -0.3 is 9.84 Å². The van der Waals surface area contributed by atoms with Crippen LogP contribution in [0, 0.1) is 11.3 Å². The highest BCUT2D eigenvalue weighted by Crippen LogP contribution is 2.23. The van der Waals surface area contributed by atoms with E-state index in [2.05, 4.69) is 0 Å². The molecule has 0 bridgehead atoms. The molecule has 0 heterocycles. The summed E-state index contributed by atoms with van der Waals surface area (Å²) >= 11 is 0. The molecule has 0 radical (unpaired) electrons. The molecule has 0 fully saturated rings. The number of aromatic hydroxyl groups is 1. The largest absolute Gasteiger partial charge is 0.507 e. The van der Waals surface area contributed by atoms with E-state index < -0.39 is 0 Å². The van der Waals surface area contributed by atoms with Gasteiger partial charge in [-0.25, -0.2) is 0 Å². The number of esters is 1. The molecule has 90 valence electrons. The molecule has 1 aromatic rings. The van der Waals surface area contributed by atoms with Crippen LogP contribution in [0.3, 0.4) is 0 Å². The van der Waals surface area contributed by atoms with Gasteiger partial charge in [0, 0.05) is 0 Å². The van der Waals surface area contributed by atoms with E-state index in [4.69, 9.17) is 10.00 Å². The second kappa shape index (κ2) is 5.90. The lowest BCUT2D eigenvalue weighted by atomic mass is 10.00. The lowest BCUT2D eigenvalue weighted by Gasteiger charge is -2.07. The van der Waals surface area contributed by atoms with Gasteiger partial charge in [0.2, 0.25) is 0 Å². The molecular formula is C13H15NO3. The molecule has 1 aromatic carbocycles. The Morgan fingerprint density at radius 2 is 2.18 bits per heavy atom. The van der Waals surface area contributed by atoms with E-state index in [1.807, 2.05) is 13.0 Å². The third kappa shape index (κ3) is 3.22. The SMILES string of the molecule is CCOC(=O)Cc1cc(O)c(C#N)c(CC)c1. The van der Waals surface area contributed by atoms with Crippen LogP contribution in [0.4, 0.5) is 0 Å². The Bertz CT molecular complexity index is 460. The Hall–Kier alpha value is -2.02. The number of hydrogen-bond acceptors (Lipinski definition) is 4. The molecule has 0 atom stereocenters. The summed E-state index contributed by atoms with van der Waals surface area (Å²) in [7, 11) is 0. The Balaban J connectivity index is 3.00. The van der Waals surface area contributed by atoms with Crippen molar-refractivity contribution in [2.45, 2.75) is 26.7 Å². The number of rotatable bonds is 4. The van der Waals surface area contributed by atoms with Crippen molar-refractivity contribution < 1.29 is 14.6 Å². The molecule has 0 aromatic heterocycles. The van der Waals surface area contributed by atoms with Gasteiger partial charge in [-0.2, -0.15) is 5.26 Å². The first-order chi connectivity index (χ1) is 8.12. The first-order valence-electron chi connectivity index (χ1n) is 5.52. The Morgan fingerprint density at radius 1 is 1.47 bits per heavy atom. The molecule has 0 saturated heterocycles. The van der Waals surface area contributed by atoms with Crippen LogP contribution in [0.25, 0.3) is 0 Å². The van der Waals surface area contributed by atoms with Gasteiger partial charge >= 0.3 is 5.97 Å². The molecule has 0 aliphatic rings. The highest BCUT2D eigenvalue weighted by Gasteiger charge is 2.11. The van der Waals surface area contributed by atoms with Crippen LogP contribution in [-0.2, 0) is 22.4 Å². The summed E-state index contributed by atoms with van der Waals surface area (Å²) < 4.78 is 4.83. The molecule has 4 heteroatoms. The molecule has 0 spiro atoms. The van der Waals surface area contributed by atoms with Crippen molar-refractivity contribution in [1.82, 2.24) is 0 Å². The summed E-state index contributed by atoms with van der Waals surface area (Å²) in [5.74, 6) is -0.412. The summed E-state index contributed by atoms with van der Waals surface area (Å²) in [5.41, 5.74) is 1.68. The summed E-state index contributed by atoms with van der Waals surface area (Å²) in [6, 6.07) is 5.15. The number of ether oxygens (including phenoxy) is 1. The number of benzene rings is 1. The van der Waals surface area contributed by atoms with Crippen molar-refractivity contribution in [2.75, 3.05) is 6.61 Å². The van der Waals surface area contributed by atoms with Crippen molar-refractivity contribution >= 4 is 5.97 Å². The quantitative estimate of drug-likeness (QED) is 0.807. The zero-order chi connectivity index (χ0) is 12.8. The molecule has 1 N–H and O–H groups in total. The summed E-state index contributed by atoms with van der Waals surface area (Å²) in [6.45, 7) is 3.97. The fourth-order valence-corrected chi connectivity index (χ4v) is 1.64. The van der Waals surface area contributed by atoms with Gasteiger partial charge in [-0.05, 0) is 30.5 Å². The highest BCUT2D eigenvalue weighted by atomic mass is 16.5. The van der Waals surface area contributed by atoms with E-state index in [0.717, 1.165) is 5.56 Å². The maximum Gasteiger partial charge on any atom is 0.310 e. The average molecular weight is 233 g/mol. The minimum absolute atomic E-state index is 0.0776. The minimum atomic E-state index is -0.335. The molecule has 0 amide bonds. The highest BCUT2D eigenvalue weighted by molar-refractivity contribution is 5.73. The van der Waals surface area contributed by atoms with Gasteiger partial charge in [-0.1, -0.05) is 13.0 Å². The van der Waals surface area contributed by atoms with Crippen molar-refractivity contribution in [2.24, 2.45) is 0 Å². The van der Waals surface area contributed by atoms with Crippen LogP contribution in [0.15, 0.2) is 12.1 Å². The van der Waals surface area contributed by atoms with Gasteiger partial charge in [0.25, 0.3) is 0 Å². The number of nitriles is 1. The first-order valence-corrected chi connectivity index (χ1v) is 5.52. The fraction of sp³-hybridized carbons (Fsp3) is 0.385. The standard InChI is InChI=1S/C13H15NO3/c1-3-10-5-9(7-13(16)17-4-2)6-12(15)11(10)8-14/h5-6,15H,3-4,7H2,1-2H3. The summed E-state index contributed by atoms with van der Waals surface area (Å²) in [4.78, 5) is 11.3. The number of hydrogen-bond donors (Lipinski definition) is 1. The monoisotopic (exact) mass is 233 g/mol.